The Balaban J connectivity index is 0.00000180. The molecule has 0 aliphatic rings. The third kappa shape index (κ3) is 4.61. The Morgan fingerprint density at radius 2 is 1.79 bits per heavy atom. The zero-order valence-corrected chi connectivity index (χ0v) is 12.3. The maximum absolute atomic E-state index is 10.9. The van der Waals surface area contributed by atoms with E-state index < -0.39 is 0 Å². The molecular weight excluding hydrogens is 306 g/mol. The highest BCUT2D eigenvalue weighted by Gasteiger charge is 1.99. The molecule has 0 aliphatic carbocycles. The summed E-state index contributed by atoms with van der Waals surface area (Å²) in [5, 5.41) is 6.43. The molecule has 0 radical (unpaired) electrons. The molecule has 19 heavy (non-hydrogen) atoms. The van der Waals surface area contributed by atoms with E-state index in [9.17, 15) is 4.79 Å². The molecule has 3 N–H and O–H groups in total. The van der Waals surface area contributed by atoms with Crippen LogP contribution in [-0.4, -0.2) is 16.7 Å². The molecule has 0 spiro atoms. The SMILES string of the molecule is Br.NCCCCc1ccc(-c2ccc(=O)[nH]n2)cc1. The molecule has 0 unspecified atom stereocenters. The fraction of sp³-hybridized carbons (Fsp3) is 0.286. The van der Waals surface area contributed by atoms with E-state index in [2.05, 4.69) is 22.3 Å². The Morgan fingerprint density at radius 1 is 1.05 bits per heavy atom. The first-order valence-electron chi connectivity index (χ1n) is 6.15. The van der Waals surface area contributed by atoms with Crippen molar-refractivity contribution >= 4 is 17.0 Å². The largest absolute Gasteiger partial charge is 0.330 e. The lowest BCUT2D eigenvalue weighted by atomic mass is 10.0. The summed E-state index contributed by atoms with van der Waals surface area (Å²) in [6.45, 7) is 0.749. The van der Waals surface area contributed by atoms with Crippen LogP contribution in [0.1, 0.15) is 18.4 Å². The Bertz CT molecular complexity index is 531. The molecule has 1 aromatic heterocycles. The molecule has 102 valence electrons. The summed E-state index contributed by atoms with van der Waals surface area (Å²) >= 11 is 0. The monoisotopic (exact) mass is 323 g/mol. The van der Waals surface area contributed by atoms with E-state index in [0.717, 1.165) is 37.1 Å². The molecule has 0 saturated heterocycles. The van der Waals surface area contributed by atoms with Gasteiger partial charge in [-0.2, -0.15) is 5.10 Å². The van der Waals surface area contributed by atoms with Gasteiger partial charge in [0.2, 0.25) is 0 Å². The van der Waals surface area contributed by atoms with Gasteiger partial charge in [-0.25, -0.2) is 5.10 Å². The van der Waals surface area contributed by atoms with Crippen molar-refractivity contribution in [2.45, 2.75) is 19.3 Å². The van der Waals surface area contributed by atoms with E-state index >= 15 is 0 Å². The van der Waals surface area contributed by atoms with Crippen LogP contribution in [0.3, 0.4) is 0 Å². The first-order chi connectivity index (χ1) is 8.79. The van der Waals surface area contributed by atoms with Crippen LogP contribution in [0.15, 0.2) is 41.2 Å². The Labute approximate surface area is 122 Å². The molecule has 5 heteroatoms. The van der Waals surface area contributed by atoms with Crippen LogP contribution in [0, 0.1) is 0 Å². The minimum absolute atomic E-state index is 0. The van der Waals surface area contributed by atoms with Crippen molar-refractivity contribution in [3.05, 3.63) is 52.3 Å². The number of benzene rings is 1. The number of nitrogens with zero attached hydrogens (tertiary/aromatic N) is 1. The standard InChI is InChI=1S/C14H17N3O.BrH/c15-10-2-1-3-11-4-6-12(7-5-11)13-8-9-14(18)17-16-13;/h4-9H,1-3,10,15H2,(H,17,18);1H. The second-order valence-corrected chi connectivity index (χ2v) is 4.25. The molecule has 0 bridgehead atoms. The second-order valence-electron chi connectivity index (χ2n) is 4.25. The minimum Gasteiger partial charge on any atom is -0.330 e. The fourth-order valence-corrected chi connectivity index (χ4v) is 1.82. The molecule has 1 heterocycles. The van der Waals surface area contributed by atoms with Crippen molar-refractivity contribution < 1.29 is 0 Å². The van der Waals surface area contributed by atoms with E-state index in [-0.39, 0.29) is 22.5 Å². The maximum Gasteiger partial charge on any atom is 0.264 e. The van der Waals surface area contributed by atoms with Gasteiger partial charge >= 0.3 is 0 Å². The number of unbranched alkanes of at least 4 members (excludes halogenated alkanes) is 1. The van der Waals surface area contributed by atoms with Gasteiger partial charge in [-0.15, -0.1) is 17.0 Å². The van der Waals surface area contributed by atoms with Gasteiger partial charge in [0.25, 0.3) is 5.56 Å². The van der Waals surface area contributed by atoms with Crippen LogP contribution in [-0.2, 0) is 6.42 Å². The maximum atomic E-state index is 10.9. The van der Waals surface area contributed by atoms with Crippen LogP contribution < -0.4 is 11.3 Å². The number of nitrogens with two attached hydrogens (primary N) is 1. The summed E-state index contributed by atoms with van der Waals surface area (Å²) in [5.74, 6) is 0. The lowest BCUT2D eigenvalue weighted by molar-refractivity contribution is 0.745. The van der Waals surface area contributed by atoms with Gasteiger partial charge < -0.3 is 5.73 Å². The van der Waals surface area contributed by atoms with Crippen molar-refractivity contribution in [1.82, 2.24) is 10.2 Å². The molecule has 4 nitrogen and oxygen atoms in total. The summed E-state index contributed by atoms with van der Waals surface area (Å²) in [5.41, 5.74) is 8.38. The molecule has 2 rings (SSSR count). The number of aromatic amines is 1. The topological polar surface area (TPSA) is 71.8 Å². The summed E-state index contributed by atoms with van der Waals surface area (Å²) in [7, 11) is 0. The quantitative estimate of drug-likeness (QED) is 0.829. The Kier molecular flexibility index (Phi) is 6.45. The van der Waals surface area contributed by atoms with Crippen molar-refractivity contribution in [3.63, 3.8) is 0 Å². The summed E-state index contributed by atoms with van der Waals surface area (Å²) < 4.78 is 0. The smallest absolute Gasteiger partial charge is 0.264 e. The highest BCUT2D eigenvalue weighted by Crippen LogP contribution is 2.16. The van der Waals surface area contributed by atoms with Crippen molar-refractivity contribution in [2.24, 2.45) is 5.73 Å². The number of hydrogen-bond acceptors (Lipinski definition) is 3. The van der Waals surface area contributed by atoms with Crippen molar-refractivity contribution in [3.8, 4) is 11.3 Å². The van der Waals surface area contributed by atoms with E-state index in [1.54, 1.807) is 6.07 Å². The van der Waals surface area contributed by atoms with Crippen molar-refractivity contribution in [2.75, 3.05) is 6.54 Å². The van der Waals surface area contributed by atoms with Gasteiger partial charge in [-0.1, -0.05) is 24.3 Å². The van der Waals surface area contributed by atoms with E-state index in [4.69, 9.17) is 5.73 Å². The summed E-state index contributed by atoms with van der Waals surface area (Å²) in [6.07, 6.45) is 3.23. The molecule has 0 aliphatic heterocycles. The molecule has 0 atom stereocenters. The lowest BCUT2D eigenvalue weighted by Gasteiger charge is -2.03. The number of H-pyrrole nitrogens is 1. The van der Waals surface area contributed by atoms with Crippen LogP contribution in [0.2, 0.25) is 0 Å². The Morgan fingerprint density at radius 3 is 2.37 bits per heavy atom. The first-order valence-corrected chi connectivity index (χ1v) is 6.15. The van der Waals surface area contributed by atoms with Gasteiger partial charge in [-0.3, -0.25) is 4.79 Å². The third-order valence-corrected chi connectivity index (χ3v) is 2.85. The number of nitrogens with one attached hydrogen (secondary N) is 1. The molecule has 0 saturated carbocycles. The number of aryl methyl sites for hydroxylation is 1. The third-order valence-electron chi connectivity index (χ3n) is 2.85. The second kappa shape index (κ2) is 7.86. The zero-order valence-electron chi connectivity index (χ0n) is 10.6. The van der Waals surface area contributed by atoms with Gasteiger partial charge in [0.05, 0.1) is 5.69 Å². The highest BCUT2D eigenvalue weighted by molar-refractivity contribution is 8.93. The van der Waals surface area contributed by atoms with E-state index in [1.807, 2.05) is 12.1 Å². The molecular formula is C14H18BrN3O. The van der Waals surface area contributed by atoms with Crippen LogP contribution in [0.4, 0.5) is 0 Å². The molecule has 0 amide bonds. The van der Waals surface area contributed by atoms with Crippen LogP contribution in [0.25, 0.3) is 11.3 Å². The molecule has 2 aromatic rings. The van der Waals surface area contributed by atoms with Gasteiger partial charge in [0.15, 0.2) is 0 Å². The highest BCUT2D eigenvalue weighted by atomic mass is 79.9. The van der Waals surface area contributed by atoms with E-state index in [1.165, 1.54) is 11.6 Å². The number of aromatic nitrogens is 2. The molecule has 0 fully saturated rings. The predicted molar refractivity (Wildman–Crippen MR) is 82.6 cm³/mol. The number of hydrogen-bond donors (Lipinski definition) is 2. The predicted octanol–water partition coefficient (Wildman–Crippen LogP) is 2.30. The number of halogens is 1. The van der Waals surface area contributed by atoms with Gasteiger partial charge in [-0.05, 0) is 37.4 Å². The summed E-state index contributed by atoms with van der Waals surface area (Å²) in [6, 6.07) is 11.5. The van der Waals surface area contributed by atoms with E-state index in [0.29, 0.717) is 0 Å². The van der Waals surface area contributed by atoms with Gasteiger partial charge in [0, 0.05) is 11.6 Å². The average Bonchev–Trinajstić information content (AvgIpc) is 2.41. The normalized spacial score (nSPS) is 9.95. The van der Waals surface area contributed by atoms with Crippen LogP contribution >= 0.6 is 17.0 Å². The first kappa shape index (κ1) is 15.6. The van der Waals surface area contributed by atoms with Gasteiger partial charge in [0.1, 0.15) is 0 Å². The Hall–Kier alpha value is -1.46. The summed E-state index contributed by atoms with van der Waals surface area (Å²) in [4.78, 5) is 10.9. The zero-order chi connectivity index (χ0) is 12.8. The fourth-order valence-electron chi connectivity index (χ4n) is 1.82. The minimum atomic E-state index is -0.183. The van der Waals surface area contributed by atoms with Crippen LogP contribution in [0.5, 0.6) is 0 Å². The lowest BCUT2D eigenvalue weighted by Crippen LogP contribution is -2.05. The average molecular weight is 324 g/mol. The molecule has 1 aromatic carbocycles. The van der Waals surface area contributed by atoms with Crippen molar-refractivity contribution in [1.29, 1.82) is 0 Å². The number of rotatable bonds is 5.